The van der Waals surface area contributed by atoms with Crippen LogP contribution < -0.4 is 0 Å². The molecule has 1 fully saturated rings. The van der Waals surface area contributed by atoms with Crippen molar-refractivity contribution in [1.29, 1.82) is 0 Å². The summed E-state index contributed by atoms with van der Waals surface area (Å²) < 4.78 is 0. The van der Waals surface area contributed by atoms with Crippen LogP contribution in [0.1, 0.15) is 34.1 Å². The molecule has 0 bridgehead atoms. The first kappa shape index (κ1) is 17.8. The van der Waals surface area contributed by atoms with Crippen LogP contribution in [-0.4, -0.2) is 33.3 Å². The van der Waals surface area contributed by atoms with Crippen molar-refractivity contribution in [2.45, 2.75) is 39.4 Å². The zero-order valence-electron chi connectivity index (χ0n) is 14.2. The van der Waals surface area contributed by atoms with Crippen LogP contribution in [0.15, 0.2) is 29.3 Å². The van der Waals surface area contributed by atoms with Crippen molar-refractivity contribution in [3.63, 3.8) is 0 Å². The lowest BCUT2D eigenvalue weighted by Crippen LogP contribution is -2.29. The highest BCUT2D eigenvalue weighted by Gasteiger charge is 2.29. The minimum atomic E-state index is -0.384. The molecule has 6 heteroatoms. The fraction of sp³-hybridized carbons (Fsp3) is 0.588. The summed E-state index contributed by atoms with van der Waals surface area (Å²) in [7, 11) is 0. The van der Waals surface area contributed by atoms with Crippen LogP contribution in [0.3, 0.4) is 0 Å². The van der Waals surface area contributed by atoms with Crippen molar-refractivity contribution in [3.05, 3.63) is 34.4 Å². The summed E-state index contributed by atoms with van der Waals surface area (Å²) in [5, 5.41) is 12.3. The normalized spacial score (nSPS) is 20.0. The predicted molar refractivity (Wildman–Crippen MR) is 97.4 cm³/mol. The Bertz CT molecular complexity index is 570. The Morgan fingerprint density at radius 3 is 2.43 bits per heavy atom. The van der Waals surface area contributed by atoms with Crippen LogP contribution in [0, 0.1) is 22.0 Å². The summed E-state index contributed by atoms with van der Waals surface area (Å²) >= 11 is 1.84. The number of thioether (sulfide) groups is 1. The van der Waals surface area contributed by atoms with Crippen molar-refractivity contribution >= 4 is 28.3 Å². The number of nitro benzene ring substituents is 1. The third kappa shape index (κ3) is 5.23. The van der Waals surface area contributed by atoms with E-state index in [4.69, 9.17) is 4.99 Å². The van der Waals surface area contributed by atoms with E-state index in [1.807, 2.05) is 11.8 Å². The Hall–Kier alpha value is -1.56. The molecule has 126 valence electrons. The highest BCUT2D eigenvalue weighted by molar-refractivity contribution is 8.14. The number of aliphatic imine (C=N–C) groups is 1. The van der Waals surface area contributed by atoms with E-state index in [0.29, 0.717) is 17.1 Å². The van der Waals surface area contributed by atoms with Gasteiger partial charge in [0.1, 0.15) is 0 Å². The van der Waals surface area contributed by atoms with E-state index in [2.05, 4.69) is 32.6 Å². The maximum absolute atomic E-state index is 10.7. The van der Waals surface area contributed by atoms with Crippen molar-refractivity contribution in [2.75, 3.05) is 13.1 Å². The van der Waals surface area contributed by atoms with Crippen LogP contribution in [0.2, 0.25) is 0 Å². The lowest BCUT2D eigenvalue weighted by Gasteiger charge is -2.20. The van der Waals surface area contributed by atoms with Gasteiger partial charge >= 0.3 is 0 Å². The Kier molecular flexibility index (Phi) is 6.04. The number of hydrogen-bond donors (Lipinski definition) is 0. The van der Waals surface area contributed by atoms with Crippen LogP contribution in [-0.2, 0) is 0 Å². The standard InChI is InChI=1S/C17H25N3O2S/c1-12(2)9-16-11-19(10-13(3)4)17(23-16)18-14-5-7-15(8-6-14)20(21)22/h5-8,12-13,16H,9-11H2,1-4H3/b18-17-. The second kappa shape index (κ2) is 7.81. The minimum absolute atomic E-state index is 0.102. The van der Waals surface area contributed by atoms with Crippen molar-refractivity contribution in [2.24, 2.45) is 16.8 Å². The Morgan fingerprint density at radius 1 is 1.26 bits per heavy atom. The summed E-state index contributed by atoms with van der Waals surface area (Å²) in [5.74, 6) is 1.25. The molecule has 1 saturated heterocycles. The molecule has 0 radical (unpaired) electrons. The molecule has 1 aliphatic heterocycles. The number of amidine groups is 1. The number of benzene rings is 1. The van der Waals surface area contributed by atoms with Gasteiger partial charge in [-0.3, -0.25) is 10.1 Å². The van der Waals surface area contributed by atoms with Crippen LogP contribution in [0.25, 0.3) is 0 Å². The fourth-order valence-electron chi connectivity index (χ4n) is 2.68. The van der Waals surface area contributed by atoms with Gasteiger partial charge in [0.15, 0.2) is 5.17 Å². The smallest absolute Gasteiger partial charge is 0.269 e. The second-order valence-electron chi connectivity index (χ2n) is 6.84. The maximum atomic E-state index is 10.7. The zero-order chi connectivity index (χ0) is 17.0. The second-order valence-corrected chi connectivity index (χ2v) is 8.10. The number of nitrogens with zero attached hydrogens (tertiary/aromatic N) is 3. The molecular formula is C17H25N3O2S. The molecule has 0 aliphatic carbocycles. The quantitative estimate of drug-likeness (QED) is 0.558. The van der Waals surface area contributed by atoms with Crippen LogP contribution >= 0.6 is 11.8 Å². The molecule has 0 aromatic heterocycles. The number of rotatable bonds is 6. The van der Waals surface area contributed by atoms with Crippen molar-refractivity contribution in [3.8, 4) is 0 Å². The highest BCUT2D eigenvalue weighted by Crippen LogP contribution is 2.32. The third-order valence-electron chi connectivity index (χ3n) is 3.57. The van der Waals surface area contributed by atoms with E-state index < -0.39 is 0 Å². The van der Waals surface area contributed by atoms with Gasteiger partial charge in [0.25, 0.3) is 5.69 Å². The molecule has 1 heterocycles. The van der Waals surface area contributed by atoms with Crippen LogP contribution in [0.4, 0.5) is 11.4 Å². The summed E-state index contributed by atoms with van der Waals surface area (Å²) in [6.07, 6.45) is 1.18. The fourth-order valence-corrected chi connectivity index (χ4v) is 4.17. The van der Waals surface area contributed by atoms with Gasteiger partial charge in [0.05, 0.1) is 10.6 Å². The monoisotopic (exact) mass is 335 g/mol. The highest BCUT2D eigenvalue weighted by atomic mass is 32.2. The van der Waals surface area contributed by atoms with E-state index in [1.54, 1.807) is 12.1 Å². The molecule has 1 aliphatic rings. The number of nitro groups is 1. The Morgan fingerprint density at radius 2 is 1.91 bits per heavy atom. The van der Waals surface area contributed by atoms with E-state index >= 15 is 0 Å². The van der Waals surface area contributed by atoms with E-state index in [9.17, 15) is 10.1 Å². The van der Waals surface area contributed by atoms with Gasteiger partial charge in [0.2, 0.25) is 0 Å². The van der Waals surface area contributed by atoms with E-state index in [1.165, 1.54) is 18.6 Å². The number of non-ortho nitro benzene ring substituents is 1. The molecule has 0 spiro atoms. The van der Waals surface area contributed by atoms with E-state index in [0.717, 1.165) is 23.9 Å². The third-order valence-corrected chi connectivity index (χ3v) is 4.81. The largest absolute Gasteiger partial charge is 0.350 e. The molecule has 23 heavy (non-hydrogen) atoms. The molecule has 1 unspecified atom stereocenters. The lowest BCUT2D eigenvalue weighted by molar-refractivity contribution is -0.384. The zero-order valence-corrected chi connectivity index (χ0v) is 15.0. The summed E-state index contributed by atoms with van der Waals surface area (Å²) in [4.78, 5) is 17.4. The van der Waals surface area contributed by atoms with Crippen molar-refractivity contribution < 1.29 is 4.92 Å². The Labute approximate surface area is 142 Å². The van der Waals surface area contributed by atoms with Crippen LogP contribution in [0.5, 0.6) is 0 Å². The molecule has 1 aromatic carbocycles. The topological polar surface area (TPSA) is 58.7 Å². The number of hydrogen-bond acceptors (Lipinski definition) is 4. The Balaban J connectivity index is 2.16. The first-order chi connectivity index (χ1) is 10.8. The van der Waals surface area contributed by atoms with Gasteiger partial charge in [-0.2, -0.15) is 0 Å². The van der Waals surface area contributed by atoms with Gasteiger partial charge in [-0.25, -0.2) is 4.99 Å². The lowest BCUT2D eigenvalue weighted by atomic mass is 10.1. The summed E-state index contributed by atoms with van der Waals surface area (Å²) in [5.41, 5.74) is 0.877. The first-order valence-corrected chi connectivity index (χ1v) is 8.98. The molecule has 0 N–H and O–H groups in total. The SMILES string of the molecule is CC(C)CC1CN(CC(C)C)/C(=N/c2ccc([N+](=O)[O-])cc2)S1. The van der Waals surface area contributed by atoms with Crippen molar-refractivity contribution in [1.82, 2.24) is 4.90 Å². The average molecular weight is 335 g/mol. The predicted octanol–water partition coefficient (Wildman–Crippen LogP) is 4.70. The summed E-state index contributed by atoms with van der Waals surface area (Å²) in [6, 6.07) is 6.46. The van der Waals surface area contributed by atoms with Gasteiger partial charge in [-0.05, 0) is 30.4 Å². The molecule has 0 saturated carbocycles. The van der Waals surface area contributed by atoms with Gasteiger partial charge in [0, 0.05) is 30.5 Å². The molecule has 1 aromatic rings. The van der Waals surface area contributed by atoms with E-state index in [-0.39, 0.29) is 10.6 Å². The molecule has 1 atom stereocenters. The minimum Gasteiger partial charge on any atom is -0.350 e. The average Bonchev–Trinajstić information content (AvgIpc) is 2.79. The van der Waals surface area contributed by atoms with Gasteiger partial charge in [-0.15, -0.1) is 0 Å². The molecule has 2 rings (SSSR count). The maximum Gasteiger partial charge on any atom is 0.269 e. The molecular weight excluding hydrogens is 310 g/mol. The van der Waals surface area contributed by atoms with Gasteiger partial charge < -0.3 is 4.90 Å². The molecule has 0 amide bonds. The first-order valence-electron chi connectivity index (χ1n) is 8.10. The molecule has 5 nitrogen and oxygen atoms in total. The van der Waals surface area contributed by atoms with Gasteiger partial charge in [-0.1, -0.05) is 39.5 Å². The summed E-state index contributed by atoms with van der Waals surface area (Å²) in [6.45, 7) is 11.0.